The molecule has 23 heavy (non-hydrogen) atoms. The van der Waals surface area contributed by atoms with Crippen molar-refractivity contribution in [3.8, 4) is 11.5 Å². The van der Waals surface area contributed by atoms with Crippen molar-refractivity contribution < 1.29 is 19.4 Å². The van der Waals surface area contributed by atoms with Crippen molar-refractivity contribution in [3.63, 3.8) is 0 Å². The fourth-order valence-electron chi connectivity index (χ4n) is 1.98. The third kappa shape index (κ3) is 5.12. The van der Waals surface area contributed by atoms with Crippen LogP contribution in [0.3, 0.4) is 0 Å². The fraction of sp³-hybridized carbons (Fsp3) is 0.176. The molecule has 0 fully saturated rings. The summed E-state index contributed by atoms with van der Waals surface area (Å²) in [7, 11) is 0. The summed E-state index contributed by atoms with van der Waals surface area (Å²) < 4.78 is 5.69. The predicted molar refractivity (Wildman–Crippen MR) is 86.6 cm³/mol. The molecular formula is C17H18N2O4. The Morgan fingerprint density at radius 1 is 1.09 bits per heavy atom. The number of nitrogens with two attached hydrogens (primary N) is 1. The van der Waals surface area contributed by atoms with Crippen LogP contribution in [-0.2, 0) is 16.0 Å². The number of rotatable bonds is 6. The average Bonchev–Trinajstić information content (AvgIpc) is 2.50. The number of carbonyl (C=O) groups is 2. The van der Waals surface area contributed by atoms with Gasteiger partial charge < -0.3 is 20.9 Å². The highest BCUT2D eigenvalue weighted by atomic mass is 16.5. The quantitative estimate of drug-likeness (QED) is 0.760. The number of anilines is 1. The van der Waals surface area contributed by atoms with E-state index in [1.165, 1.54) is 6.92 Å². The van der Waals surface area contributed by atoms with Gasteiger partial charge in [0.2, 0.25) is 5.91 Å². The third-order valence-corrected chi connectivity index (χ3v) is 3.11. The molecule has 0 aliphatic rings. The summed E-state index contributed by atoms with van der Waals surface area (Å²) in [5.74, 6) is 0.109. The molecule has 0 radical (unpaired) electrons. The molecule has 0 heterocycles. The normalized spacial score (nSPS) is 11.6. The van der Waals surface area contributed by atoms with E-state index < -0.39 is 12.0 Å². The van der Waals surface area contributed by atoms with Gasteiger partial charge in [-0.15, -0.1) is 0 Å². The van der Waals surface area contributed by atoms with Gasteiger partial charge in [0.15, 0.2) is 0 Å². The van der Waals surface area contributed by atoms with Gasteiger partial charge in [-0.3, -0.25) is 9.59 Å². The molecule has 4 N–H and O–H groups in total. The molecule has 2 aromatic rings. The minimum absolute atomic E-state index is 0.131. The maximum atomic E-state index is 11.0. The molecule has 0 aromatic heterocycles. The number of hydrogen-bond acceptors (Lipinski definition) is 4. The first-order valence-electron chi connectivity index (χ1n) is 7.07. The van der Waals surface area contributed by atoms with Gasteiger partial charge in [0.1, 0.15) is 17.5 Å². The number of nitrogens with one attached hydrogen (secondary N) is 1. The van der Waals surface area contributed by atoms with Crippen molar-refractivity contribution in [1.82, 2.24) is 0 Å². The highest BCUT2D eigenvalue weighted by Crippen LogP contribution is 2.23. The van der Waals surface area contributed by atoms with E-state index in [4.69, 9.17) is 15.6 Å². The molecule has 2 rings (SSSR count). The van der Waals surface area contributed by atoms with E-state index in [9.17, 15) is 9.59 Å². The van der Waals surface area contributed by atoms with E-state index in [0.29, 0.717) is 17.2 Å². The van der Waals surface area contributed by atoms with E-state index in [1.807, 2.05) is 0 Å². The highest BCUT2D eigenvalue weighted by molar-refractivity contribution is 5.88. The zero-order valence-electron chi connectivity index (χ0n) is 12.7. The van der Waals surface area contributed by atoms with Gasteiger partial charge >= 0.3 is 5.97 Å². The number of carbonyl (C=O) groups excluding carboxylic acids is 1. The standard InChI is InChI=1S/C17H18N2O4/c1-11(20)19-13-4-8-15(9-5-13)23-14-6-2-12(3-7-14)10-16(18)17(21)22/h2-9,16H,10,18H2,1H3,(H,19,20)(H,21,22)/t16-/m0/s1. The van der Waals surface area contributed by atoms with Crippen LogP contribution in [0, 0.1) is 0 Å². The van der Waals surface area contributed by atoms with E-state index in [0.717, 1.165) is 5.56 Å². The summed E-state index contributed by atoms with van der Waals surface area (Å²) >= 11 is 0. The maximum Gasteiger partial charge on any atom is 0.320 e. The van der Waals surface area contributed by atoms with Gasteiger partial charge in [0.05, 0.1) is 0 Å². The minimum atomic E-state index is -1.02. The van der Waals surface area contributed by atoms with Crippen LogP contribution in [0.4, 0.5) is 5.69 Å². The molecule has 0 saturated carbocycles. The lowest BCUT2D eigenvalue weighted by molar-refractivity contribution is -0.138. The molecule has 0 spiro atoms. The molecule has 1 amide bonds. The van der Waals surface area contributed by atoms with E-state index in [2.05, 4.69) is 5.32 Å². The fourth-order valence-corrected chi connectivity index (χ4v) is 1.98. The maximum absolute atomic E-state index is 11.0. The highest BCUT2D eigenvalue weighted by Gasteiger charge is 2.11. The van der Waals surface area contributed by atoms with E-state index in [1.54, 1.807) is 48.5 Å². The average molecular weight is 314 g/mol. The Balaban J connectivity index is 1.97. The number of hydrogen-bond donors (Lipinski definition) is 3. The molecule has 0 unspecified atom stereocenters. The molecular weight excluding hydrogens is 296 g/mol. The summed E-state index contributed by atoms with van der Waals surface area (Å²) in [6.45, 7) is 1.45. The van der Waals surface area contributed by atoms with E-state index >= 15 is 0 Å². The molecule has 0 saturated heterocycles. The van der Waals surface area contributed by atoms with Gasteiger partial charge in [-0.2, -0.15) is 0 Å². The van der Waals surface area contributed by atoms with Crippen LogP contribution in [-0.4, -0.2) is 23.0 Å². The first-order valence-corrected chi connectivity index (χ1v) is 7.07. The Bertz CT molecular complexity index is 681. The smallest absolute Gasteiger partial charge is 0.320 e. The minimum Gasteiger partial charge on any atom is -0.480 e. The lowest BCUT2D eigenvalue weighted by Crippen LogP contribution is -2.32. The SMILES string of the molecule is CC(=O)Nc1ccc(Oc2ccc(C[C@H](N)C(=O)O)cc2)cc1. The largest absolute Gasteiger partial charge is 0.480 e. The van der Waals surface area contributed by atoms with Crippen LogP contribution in [0.1, 0.15) is 12.5 Å². The first kappa shape index (κ1) is 16.5. The Morgan fingerprint density at radius 3 is 2.09 bits per heavy atom. The van der Waals surface area contributed by atoms with Crippen molar-refractivity contribution in [2.45, 2.75) is 19.4 Å². The van der Waals surface area contributed by atoms with Crippen molar-refractivity contribution in [2.24, 2.45) is 5.73 Å². The molecule has 6 nitrogen and oxygen atoms in total. The number of amides is 1. The molecule has 2 aromatic carbocycles. The number of carboxylic acids is 1. The molecule has 6 heteroatoms. The van der Waals surface area contributed by atoms with Crippen LogP contribution in [0.25, 0.3) is 0 Å². The van der Waals surface area contributed by atoms with E-state index in [-0.39, 0.29) is 12.3 Å². The monoisotopic (exact) mass is 314 g/mol. The molecule has 1 atom stereocenters. The lowest BCUT2D eigenvalue weighted by Gasteiger charge is -2.09. The van der Waals surface area contributed by atoms with Crippen LogP contribution < -0.4 is 15.8 Å². The lowest BCUT2D eigenvalue weighted by atomic mass is 10.1. The summed E-state index contributed by atoms with van der Waals surface area (Å²) in [4.78, 5) is 21.7. The second-order valence-corrected chi connectivity index (χ2v) is 5.10. The van der Waals surface area contributed by atoms with Crippen LogP contribution in [0.15, 0.2) is 48.5 Å². The molecule has 0 aliphatic heterocycles. The molecule has 120 valence electrons. The number of ether oxygens (including phenoxy) is 1. The summed E-state index contributed by atoms with van der Waals surface area (Å²) in [5.41, 5.74) is 7.02. The van der Waals surface area contributed by atoms with Crippen LogP contribution in [0.2, 0.25) is 0 Å². The van der Waals surface area contributed by atoms with Gasteiger partial charge in [-0.1, -0.05) is 12.1 Å². The Morgan fingerprint density at radius 2 is 1.61 bits per heavy atom. The Hall–Kier alpha value is -2.86. The van der Waals surface area contributed by atoms with Gasteiger partial charge in [0, 0.05) is 12.6 Å². The third-order valence-electron chi connectivity index (χ3n) is 3.11. The number of carboxylic acid groups (broad SMARTS) is 1. The Kier molecular flexibility index (Phi) is 5.32. The van der Waals surface area contributed by atoms with Crippen molar-refractivity contribution in [3.05, 3.63) is 54.1 Å². The zero-order valence-corrected chi connectivity index (χ0v) is 12.7. The van der Waals surface area contributed by atoms with Crippen molar-refractivity contribution in [2.75, 3.05) is 5.32 Å². The Labute approximate surface area is 133 Å². The first-order chi connectivity index (χ1) is 10.9. The topological polar surface area (TPSA) is 102 Å². The second-order valence-electron chi connectivity index (χ2n) is 5.10. The summed E-state index contributed by atoms with van der Waals surface area (Å²) in [6.07, 6.45) is 0.265. The van der Waals surface area contributed by atoms with Gasteiger partial charge in [-0.05, 0) is 48.4 Å². The van der Waals surface area contributed by atoms with Crippen LogP contribution >= 0.6 is 0 Å². The number of benzene rings is 2. The molecule has 0 aliphatic carbocycles. The predicted octanol–water partition coefficient (Wildman–Crippen LogP) is 2.39. The molecule has 0 bridgehead atoms. The van der Waals surface area contributed by atoms with Gasteiger partial charge in [-0.25, -0.2) is 0 Å². The summed E-state index contributed by atoms with van der Waals surface area (Å²) in [6, 6.07) is 13.2. The number of aliphatic carboxylic acids is 1. The zero-order chi connectivity index (χ0) is 16.8. The van der Waals surface area contributed by atoms with Crippen molar-refractivity contribution >= 4 is 17.6 Å². The van der Waals surface area contributed by atoms with Gasteiger partial charge in [0.25, 0.3) is 0 Å². The summed E-state index contributed by atoms with van der Waals surface area (Å²) in [5, 5.41) is 11.5. The van der Waals surface area contributed by atoms with Crippen LogP contribution in [0.5, 0.6) is 11.5 Å². The van der Waals surface area contributed by atoms with Crippen molar-refractivity contribution in [1.29, 1.82) is 0 Å². The second kappa shape index (κ2) is 7.42.